The van der Waals surface area contributed by atoms with Crippen LogP contribution < -0.4 is 0 Å². The molecule has 2 atom stereocenters. The van der Waals surface area contributed by atoms with Gasteiger partial charge in [-0.15, -0.1) is 0 Å². The van der Waals surface area contributed by atoms with E-state index in [4.69, 9.17) is 16.3 Å². The van der Waals surface area contributed by atoms with E-state index in [2.05, 4.69) is 4.98 Å². The van der Waals surface area contributed by atoms with Crippen LogP contribution in [0.1, 0.15) is 30.1 Å². The van der Waals surface area contributed by atoms with Crippen LogP contribution in [0, 0.1) is 0 Å². The summed E-state index contributed by atoms with van der Waals surface area (Å²) in [6.45, 7) is 2.77. The molecule has 2 rings (SSSR count). The molecule has 1 saturated heterocycles. The Balaban J connectivity index is 2.10. The van der Waals surface area contributed by atoms with Crippen LogP contribution in [-0.2, 0) is 4.74 Å². The third-order valence-electron chi connectivity index (χ3n) is 3.40. The first-order valence-corrected chi connectivity index (χ1v) is 6.45. The van der Waals surface area contributed by atoms with Crippen molar-refractivity contribution < 1.29 is 9.53 Å². The van der Waals surface area contributed by atoms with Gasteiger partial charge in [-0.05, 0) is 31.9 Å². The molecule has 0 radical (unpaired) electrons. The molecule has 1 aliphatic rings. The van der Waals surface area contributed by atoms with E-state index in [1.807, 2.05) is 11.8 Å². The summed E-state index contributed by atoms with van der Waals surface area (Å²) >= 11 is 5.81. The van der Waals surface area contributed by atoms with Crippen LogP contribution in [0.25, 0.3) is 0 Å². The zero-order valence-electron chi connectivity index (χ0n) is 10.6. The van der Waals surface area contributed by atoms with Crippen molar-refractivity contribution in [3.63, 3.8) is 0 Å². The Kier molecular flexibility index (Phi) is 4.19. The fourth-order valence-electron chi connectivity index (χ4n) is 2.35. The van der Waals surface area contributed by atoms with Gasteiger partial charge in [-0.3, -0.25) is 4.79 Å². The van der Waals surface area contributed by atoms with Crippen molar-refractivity contribution in [2.24, 2.45) is 0 Å². The lowest BCUT2D eigenvalue weighted by molar-refractivity contribution is 0.0160. The number of amides is 1. The zero-order chi connectivity index (χ0) is 13.1. The van der Waals surface area contributed by atoms with E-state index in [1.165, 1.54) is 0 Å². The van der Waals surface area contributed by atoms with E-state index >= 15 is 0 Å². The van der Waals surface area contributed by atoms with Gasteiger partial charge < -0.3 is 9.64 Å². The van der Waals surface area contributed by atoms with Crippen molar-refractivity contribution in [3.05, 3.63) is 29.0 Å². The predicted octanol–water partition coefficient (Wildman–Crippen LogP) is 2.37. The van der Waals surface area contributed by atoms with Crippen molar-refractivity contribution in [2.45, 2.75) is 31.9 Å². The standard InChI is InChI=1S/C13H17ClN2O2/c1-9-7-11(18-2)4-6-16(9)13(17)10-3-5-15-12(14)8-10/h3,5,8-9,11H,4,6-7H2,1-2H3. The highest BCUT2D eigenvalue weighted by Gasteiger charge is 2.29. The predicted molar refractivity (Wildman–Crippen MR) is 69.8 cm³/mol. The van der Waals surface area contributed by atoms with Gasteiger partial charge in [0.15, 0.2) is 0 Å². The van der Waals surface area contributed by atoms with Gasteiger partial charge in [0.1, 0.15) is 5.15 Å². The summed E-state index contributed by atoms with van der Waals surface area (Å²) in [5.74, 6) is 0.0151. The van der Waals surface area contributed by atoms with Crippen LogP contribution in [0.5, 0.6) is 0 Å². The Bertz CT molecular complexity index is 439. The molecule has 1 aromatic heterocycles. The Morgan fingerprint density at radius 3 is 3.00 bits per heavy atom. The molecule has 4 nitrogen and oxygen atoms in total. The highest BCUT2D eigenvalue weighted by atomic mass is 35.5. The second-order valence-corrected chi connectivity index (χ2v) is 4.98. The largest absolute Gasteiger partial charge is 0.381 e. The Morgan fingerprint density at radius 1 is 1.61 bits per heavy atom. The zero-order valence-corrected chi connectivity index (χ0v) is 11.4. The molecular formula is C13H17ClN2O2. The molecule has 0 bridgehead atoms. The van der Waals surface area contributed by atoms with Crippen LogP contribution in [0.4, 0.5) is 0 Å². The van der Waals surface area contributed by atoms with E-state index < -0.39 is 0 Å². The molecule has 2 unspecified atom stereocenters. The second-order valence-electron chi connectivity index (χ2n) is 4.60. The maximum absolute atomic E-state index is 12.4. The molecule has 1 aromatic rings. The molecule has 0 spiro atoms. The van der Waals surface area contributed by atoms with Crippen molar-refractivity contribution >= 4 is 17.5 Å². The summed E-state index contributed by atoms with van der Waals surface area (Å²) in [4.78, 5) is 18.1. The maximum atomic E-state index is 12.4. The molecular weight excluding hydrogens is 252 g/mol. The van der Waals surface area contributed by atoms with E-state index in [0.717, 1.165) is 19.4 Å². The summed E-state index contributed by atoms with van der Waals surface area (Å²) in [5, 5.41) is 0.347. The number of carbonyl (C=O) groups is 1. The first-order valence-electron chi connectivity index (χ1n) is 6.07. The molecule has 0 N–H and O–H groups in total. The molecule has 5 heteroatoms. The van der Waals surface area contributed by atoms with Gasteiger partial charge in [-0.1, -0.05) is 11.6 Å². The SMILES string of the molecule is COC1CCN(C(=O)c2ccnc(Cl)c2)C(C)C1. The number of likely N-dealkylation sites (tertiary alicyclic amines) is 1. The van der Waals surface area contributed by atoms with Crippen LogP contribution >= 0.6 is 11.6 Å². The van der Waals surface area contributed by atoms with Crippen LogP contribution in [0.15, 0.2) is 18.3 Å². The number of carbonyl (C=O) groups excluding carboxylic acids is 1. The highest BCUT2D eigenvalue weighted by molar-refractivity contribution is 6.29. The summed E-state index contributed by atoms with van der Waals surface area (Å²) in [6.07, 6.45) is 3.57. The Hall–Kier alpha value is -1.13. The van der Waals surface area contributed by atoms with Gasteiger partial charge in [0, 0.05) is 31.5 Å². The lowest BCUT2D eigenvalue weighted by Crippen LogP contribution is -2.46. The number of piperidine rings is 1. The van der Waals surface area contributed by atoms with Crippen molar-refractivity contribution in [2.75, 3.05) is 13.7 Å². The molecule has 0 aromatic carbocycles. The summed E-state index contributed by atoms with van der Waals surface area (Å²) < 4.78 is 5.35. The first kappa shape index (κ1) is 13.3. The minimum atomic E-state index is 0.0151. The minimum Gasteiger partial charge on any atom is -0.381 e. The summed E-state index contributed by atoms with van der Waals surface area (Å²) in [5.41, 5.74) is 0.595. The van der Waals surface area contributed by atoms with Gasteiger partial charge >= 0.3 is 0 Å². The lowest BCUT2D eigenvalue weighted by atomic mass is 9.99. The van der Waals surface area contributed by atoms with E-state index in [9.17, 15) is 4.79 Å². The number of pyridine rings is 1. The van der Waals surface area contributed by atoms with Crippen LogP contribution in [0.2, 0.25) is 5.15 Å². The summed E-state index contributed by atoms with van der Waals surface area (Å²) in [7, 11) is 1.72. The lowest BCUT2D eigenvalue weighted by Gasteiger charge is -2.37. The molecule has 0 aliphatic carbocycles. The van der Waals surface area contributed by atoms with E-state index in [-0.39, 0.29) is 18.1 Å². The summed E-state index contributed by atoms with van der Waals surface area (Å²) in [6, 6.07) is 3.49. The van der Waals surface area contributed by atoms with Gasteiger partial charge in [0.05, 0.1) is 6.10 Å². The Morgan fingerprint density at radius 2 is 2.39 bits per heavy atom. The fraction of sp³-hybridized carbons (Fsp3) is 0.538. The molecule has 18 heavy (non-hydrogen) atoms. The normalized spacial score (nSPS) is 24.1. The Labute approximate surface area is 112 Å². The number of ether oxygens (including phenoxy) is 1. The topological polar surface area (TPSA) is 42.4 Å². The second kappa shape index (κ2) is 5.67. The van der Waals surface area contributed by atoms with Gasteiger partial charge in [-0.2, -0.15) is 0 Å². The molecule has 1 amide bonds. The van der Waals surface area contributed by atoms with E-state index in [0.29, 0.717) is 10.7 Å². The molecule has 2 heterocycles. The number of halogens is 1. The number of methoxy groups -OCH3 is 1. The number of aromatic nitrogens is 1. The number of rotatable bonds is 2. The average molecular weight is 269 g/mol. The van der Waals surface area contributed by atoms with Crippen molar-refractivity contribution in [3.8, 4) is 0 Å². The smallest absolute Gasteiger partial charge is 0.254 e. The molecule has 1 aliphatic heterocycles. The third kappa shape index (κ3) is 2.82. The quantitative estimate of drug-likeness (QED) is 0.774. The monoisotopic (exact) mass is 268 g/mol. The maximum Gasteiger partial charge on any atom is 0.254 e. The number of hydrogen-bond acceptors (Lipinski definition) is 3. The van der Waals surface area contributed by atoms with Crippen LogP contribution in [-0.4, -0.2) is 41.6 Å². The number of hydrogen-bond donors (Lipinski definition) is 0. The average Bonchev–Trinajstić information content (AvgIpc) is 2.37. The van der Waals surface area contributed by atoms with Crippen molar-refractivity contribution in [1.82, 2.24) is 9.88 Å². The fourth-order valence-corrected chi connectivity index (χ4v) is 2.52. The highest BCUT2D eigenvalue weighted by Crippen LogP contribution is 2.22. The van der Waals surface area contributed by atoms with Gasteiger partial charge in [0.25, 0.3) is 5.91 Å². The van der Waals surface area contributed by atoms with Crippen LogP contribution in [0.3, 0.4) is 0 Å². The van der Waals surface area contributed by atoms with Crippen molar-refractivity contribution in [1.29, 1.82) is 0 Å². The molecule has 0 saturated carbocycles. The van der Waals surface area contributed by atoms with Gasteiger partial charge in [0.2, 0.25) is 0 Å². The van der Waals surface area contributed by atoms with E-state index in [1.54, 1.807) is 25.4 Å². The molecule has 1 fully saturated rings. The third-order valence-corrected chi connectivity index (χ3v) is 3.60. The number of nitrogens with zero attached hydrogens (tertiary/aromatic N) is 2. The van der Waals surface area contributed by atoms with Gasteiger partial charge in [-0.25, -0.2) is 4.98 Å². The minimum absolute atomic E-state index is 0.0151. The first-order chi connectivity index (χ1) is 8.61. The molecule has 98 valence electrons.